The topological polar surface area (TPSA) is 103 Å². The minimum absolute atomic E-state index is 0.308. The largest absolute Gasteiger partial charge is 0.497 e. The Morgan fingerprint density at radius 3 is 2.66 bits per heavy atom. The minimum Gasteiger partial charge on any atom is -0.497 e. The first kappa shape index (κ1) is 18.5. The monoisotopic (exact) mass is 390 g/mol. The van der Waals surface area contributed by atoms with Gasteiger partial charge in [-0.1, -0.05) is 6.07 Å². The van der Waals surface area contributed by atoms with Crippen LogP contribution in [0.1, 0.15) is 22.3 Å². The van der Waals surface area contributed by atoms with Crippen molar-refractivity contribution in [1.82, 2.24) is 10.2 Å². The summed E-state index contributed by atoms with van der Waals surface area (Å²) in [5.41, 5.74) is 1.22. The lowest BCUT2D eigenvalue weighted by molar-refractivity contribution is -0.122. The first-order valence-corrected chi connectivity index (χ1v) is 9.13. The van der Waals surface area contributed by atoms with Gasteiger partial charge in [-0.15, -0.1) is 0 Å². The van der Waals surface area contributed by atoms with E-state index in [1.807, 2.05) is 6.07 Å². The number of amides is 4. The van der Waals surface area contributed by atoms with E-state index in [2.05, 4.69) is 5.32 Å². The zero-order valence-corrected chi connectivity index (χ0v) is 15.7. The Labute approximate surface area is 167 Å². The van der Waals surface area contributed by atoms with Gasteiger partial charge in [0.05, 0.1) is 30.5 Å². The number of carbonyl (C=O) groups excluding carboxylic acids is 3. The first-order valence-electron chi connectivity index (χ1n) is 9.13. The van der Waals surface area contributed by atoms with E-state index in [0.717, 1.165) is 4.90 Å². The van der Waals surface area contributed by atoms with Gasteiger partial charge in [0.25, 0.3) is 11.8 Å². The molecule has 2 aliphatic heterocycles. The molecule has 0 aromatic heterocycles. The van der Waals surface area contributed by atoms with Crippen LogP contribution >= 0.6 is 0 Å². The number of benzene rings is 2. The second kappa shape index (κ2) is 7.28. The predicted octanol–water partition coefficient (Wildman–Crippen LogP) is 1.91. The molecule has 2 aromatic carbocycles. The molecule has 4 amide bonds. The summed E-state index contributed by atoms with van der Waals surface area (Å²) in [6.07, 6.45) is 0.496. The van der Waals surface area contributed by atoms with Crippen LogP contribution in [-0.4, -0.2) is 48.5 Å². The highest BCUT2D eigenvalue weighted by Gasteiger charge is 2.50. The van der Waals surface area contributed by atoms with E-state index in [1.165, 1.54) is 12.0 Å². The number of nitrogens with one attached hydrogen (secondary N) is 1. The third kappa shape index (κ3) is 3.17. The maximum Gasteiger partial charge on any atom is 0.329 e. The summed E-state index contributed by atoms with van der Waals surface area (Å²) in [6, 6.07) is 13.2. The molecule has 0 unspecified atom stereocenters. The maximum atomic E-state index is 13.3. The van der Waals surface area contributed by atoms with Crippen molar-refractivity contribution in [3.8, 4) is 11.8 Å². The zero-order valence-electron chi connectivity index (χ0n) is 15.7. The SMILES string of the molecule is COc1cccc(N2C(=O)N[C@@H]3CCN(C(=O)c4ccc(C#N)cc4)[C@@H]3C2=O)c1. The van der Waals surface area contributed by atoms with Gasteiger partial charge in [-0.25, -0.2) is 9.69 Å². The fourth-order valence-corrected chi connectivity index (χ4v) is 3.78. The van der Waals surface area contributed by atoms with Gasteiger partial charge < -0.3 is 15.0 Å². The van der Waals surface area contributed by atoms with Crippen LogP contribution in [-0.2, 0) is 4.79 Å². The molecule has 0 radical (unpaired) electrons. The molecule has 2 aromatic rings. The van der Waals surface area contributed by atoms with Crippen molar-refractivity contribution in [3.05, 3.63) is 59.7 Å². The molecule has 2 saturated heterocycles. The summed E-state index contributed by atoms with van der Waals surface area (Å²) < 4.78 is 5.18. The van der Waals surface area contributed by atoms with Gasteiger partial charge in [-0.2, -0.15) is 5.26 Å². The van der Waals surface area contributed by atoms with Gasteiger partial charge in [0.1, 0.15) is 11.8 Å². The van der Waals surface area contributed by atoms with E-state index in [1.54, 1.807) is 48.5 Å². The number of carbonyl (C=O) groups is 3. The second-order valence-electron chi connectivity index (χ2n) is 6.85. The second-order valence-corrected chi connectivity index (χ2v) is 6.85. The molecule has 2 heterocycles. The molecule has 1 N–H and O–H groups in total. The van der Waals surface area contributed by atoms with Crippen LogP contribution in [0.15, 0.2) is 48.5 Å². The van der Waals surface area contributed by atoms with Crippen molar-refractivity contribution in [3.63, 3.8) is 0 Å². The molecule has 8 heteroatoms. The molecule has 2 aliphatic rings. The van der Waals surface area contributed by atoms with Gasteiger partial charge in [-0.05, 0) is 42.8 Å². The van der Waals surface area contributed by atoms with Crippen LogP contribution in [0.2, 0.25) is 0 Å². The Kier molecular flexibility index (Phi) is 4.64. The van der Waals surface area contributed by atoms with Crippen molar-refractivity contribution in [2.24, 2.45) is 0 Å². The van der Waals surface area contributed by atoms with Crippen molar-refractivity contribution in [2.45, 2.75) is 18.5 Å². The van der Waals surface area contributed by atoms with E-state index in [9.17, 15) is 14.4 Å². The molecule has 2 fully saturated rings. The molecule has 8 nitrogen and oxygen atoms in total. The number of likely N-dealkylation sites (tertiary alicyclic amines) is 1. The smallest absolute Gasteiger partial charge is 0.329 e. The number of nitriles is 1. The fraction of sp³-hybridized carbons (Fsp3) is 0.238. The minimum atomic E-state index is -0.790. The molecule has 0 saturated carbocycles. The van der Waals surface area contributed by atoms with Crippen molar-refractivity contribution < 1.29 is 19.1 Å². The van der Waals surface area contributed by atoms with E-state index >= 15 is 0 Å². The van der Waals surface area contributed by atoms with E-state index in [0.29, 0.717) is 35.5 Å². The number of imide groups is 1. The fourth-order valence-electron chi connectivity index (χ4n) is 3.78. The molecule has 2 atom stereocenters. The normalized spacial score (nSPS) is 20.7. The number of rotatable bonds is 3. The summed E-state index contributed by atoms with van der Waals surface area (Å²) in [5, 5.41) is 11.8. The molecule has 4 rings (SSSR count). The third-order valence-electron chi connectivity index (χ3n) is 5.22. The molecule has 0 bridgehead atoms. The molecular weight excluding hydrogens is 372 g/mol. The molecule has 0 spiro atoms. The highest BCUT2D eigenvalue weighted by Crippen LogP contribution is 2.30. The van der Waals surface area contributed by atoms with E-state index in [-0.39, 0.29) is 5.91 Å². The summed E-state index contributed by atoms with van der Waals surface area (Å²) in [7, 11) is 1.50. The van der Waals surface area contributed by atoms with Gasteiger partial charge in [0.2, 0.25) is 0 Å². The van der Waals surface area contributed by atoms with Gasteiger partial charge in [0, 0.05) is 18.2 Å². The highest BCUT2D eigenvalue weighted by atomic mass is 16.5. The number of fused-ring (bicyclic) bond motifs is 1. The quantitative estimate of drug-likeness (QED) is 0.862. The Hall–Kier alpha value is -3.86. The third-order valence-corrected chi connectivity index (χ3v) is 5.22. The lowest BCUT2D eigenvalue weighted by atomic mass is 10.0. The van der Waals surface area contributed by atoms with Crippen molar-refractivity contribution in [1.29, 1.82) is 5.26 Å². The van der Waals surface area contributed by atoms with Gasteiger partial charge >= 0.3 is 6.03 Å². The van der Waals surface area contributed by atoms with E-state index < -0.39 is 24.0 Å². The van der Waals surface area contributed by atoms with Crippen LogP contribution in [0.5, 0.6) is 5.75 Å². The Balaban J connectivity index is 1.63. The molecular formula is C21H18N4O4. The van der Waals surface area contributed by atoms with Crippen molar-refractivity contribution >= 4 is 23.5 Å². The summed E-state index contributed by atoms with van der Waals surface area (Å²) in [4.78, 5) is 41.4. The average molecular weight is 390 g/mol. The lowest BCUT2D eigenvalue weighted by Gasteiger charge is -2.37. The number of ether oxygens (including phenoxy) is 1. The number of anilines is 1. The van der Waals surface area contributed by atoms with Crippen LogP contribution in [0.4, 0.5) is 10.5 Å². The van der Waals surface area contributed by atoms with Gasteiger partial charge in [-0.3, -0.25) is 9.59 Å². The first-order chi connectivity index (χ1) is 14.0. The number of urea groups is 1. The lowest BCUT2D eigenvalue weighted by Crippen LogP contribution is -2.65. The number of nitrogens with zero attached hydrogens (tertiary/aromatic N) is 3. The Morgan fingerprint density at radius 2 is 1.97 bits per heavy atom. The summed E-state index contributed by atoms with van der Waals surface area (Å²) >= 11 is 0. The summed E-state index contributed by atoms with van der Waals surface area (Å²) in [5.74, 6) is -0.245. The number of methoxy groups -OCH3 is 1. The zero-order chi connectivity index (χ0) is 20.5. The van der Waals surface area contributed by atoms with Crippen LogP contribution in [0.3, 0.4) is 0 Å². The van der Waals surface area contributed by atoms with Crippen LogP contribution in [0, 0.1) is 11.3 Å². The number of hydrogen-bond donors (Lipinski definition) is 1. The molecule has 29 heavy (non-hydrogen) atoms. The highest BCUT2D eigenvalue weighted by molar-refractivity contribution is 6.19. The van der Waals surface area contributed by atoms with Crippen molar-refractivity contribution in [2.75, 3.05) is 18.6 Å². The Morgan fingerprint density at radius 1 is 1.21 bits per heavy atom. The molecule has 0 aliphatic carbocycles. The standard InChI is InChI=1S/C21H18N4O4/c1-29-16-4-2-3-15(11-16)25-20(27)18-17(23-21(25)28)9-10-24(18)19(26)14-7-5-13(12-22)6-8-14/h2-8,11,17-18H,9-10H2,1H3,(H,23,28)/t17-,18+/m1/s1. The average Bonchev–Trinajstić information content (AvgIpc) is 3.17. The maximum absolute atomic E-state index is 13.3. The number of hydrogen-bond acceptors (Lipinski definition) is 5. The molecule has 146 valence electrons. The summed E-state index contributed by atoms with van der Waals surface area (Å²) in [6.45, 7) is 0.353. The van der Waals surface area contributed by atoms with Gasteiger partial charge in [0.15, 0.2) is 0 Å². The van der Waals surface area contributed by atoms with E-state index in [4.69, 9.17) is 10.00 Å². The van der Waals surface area contributed by atoms with Crippen LogP contribution < -0.4 is 15.0 Å². The Bertz CT molecular complexity index is 1030. The predicted molar refractivity (Wildman–Crippen MR) is 103 cm³/mol. The van der Waals surface area contributed by atoms with Crippen LogP contribution in [0.25, 0.3) is 0 Å².